The van der Waals surface area contributed by atoms with Gasteiger partial charge in [-0.25, -0.2) is 0 Å². The zero-order valence-electron chi connectivity index (χ0n) is 12.0. The molecule has 0 unspecified atom stereocenters. The van der Waals surface area contributed by atoms with E-state index in [-0.39, 0.29) is 4.75 Å². The summed E-state index contributed by atoms with van der Waals surface area (Å²) in [7, 11) is 0. The molecule has 1 N–H and O–H groups in total. The van der Waals surface area contributed by atoms with Crippen molar-refractivity contribution in [3.05, 3.63) is 48.8 Å². The van der Waals surface area contributed by atoms with E-state index in [9.17, 15) is 0 Å². The number of thioether (sulfide) groups is 1. The number of pyridine rings is 1. The number of aromatic nitrogens is 2. The van der Waals surface area contributed by atoms with E-state index in [1.54, 1.807) is 0 Å². The molecule has 20 heavy (non-hydrogen) atoms. The van der Waals surface area contributed by atoms with Gasteiger partial charge in [0.25, 0.3) is 0 Å². The highest BCUT2D eigenvalue weighted by molar-refractivity contribution is 8.00. The molecular weight excluding hydrogens is 264 g/mol. The Labute approximate surface area is 123 Å². The standard InChI is InChI=1S/C17H18N2S/c1-17(2,3)20-16-8-9-18-11-13(16)15-10-12-6-4-5-7-14(12)19-15/h4-11,19H,1-3H3. The molecule has 0 radical (unpaired) electrons. The zero-order valence-corrected chi connectivity index (χ0v) is 12.8. The van der Waals surface area contributed by atoms with Gasteiger partial charge in [-0.1, -0.05) is 39.0 Å². The molecule has 0 fully saturated rings. The summed E-state index contributed by atoms with van der Waals surface area (Å²) in [6.07, 6.45) is 3.80. The summed E-state index contributed by atoms with van der Waals surface area (Å²) in [6.45, 7) is 6.69. The van der Waals surface area contributed by atoms with Crippen LogP contribution in [0, 0.1) is 0 Å². The summed E-state index contributed by atoms with van der Waals surface area (Å²) in [6, 6.07) is 12.6. The number of para-hydroxylation sites is 1. The topological polar surface area (TPSA) is 28.7 Å². The number of rotatable bonds is 2. The first kappa shape index (κ1) is 13.3. The Kier molecular flexibility index (Phi) is 3.30. The minimum Gasteiger partial charge on any atom is -0.354 e. The molecular formula is C17H18N2S. The van der Waals surface area contributed by atoms with Gasteiger partial charge in [-0.2, -0.15) is 0 Å². The van der Waals surface area contributed by atoms with E-state index in [0.717, 1.165) is 11.2 Å². The van der Waals surface area contributed by atoms with Crippen molar-refractivity contribution < 1.29 is 0 Å². The number of hydrogen-bond donors (Lipinski definition) is 1. The third-order valence-electron chi connectivity index (χ3n) is 3.02. The van der Waals surface area contributed by atoms with Gasteiger partial charge in [-0.05, 0) is 18.2 Å². The number of hydrogen-bond acceptors (Lipinski definition) is 2. The average molecular weight is 282 g/mol. The SMILES string of the molecule is CC(C)(C)Sc1ccncc1-c1cc2ccccc2[nH]1. The first-order valence-corrected chi connectivity index (χ1v) is 7.56. The van der Waals surface area contributed by atoms with Gasteiger partial charge in [0.05, 0.1) is 0 Å². The molecule has 3 aromatic rings. The van der Waals surface area contributed by atoms with Crippen LogP contribution in [0.1, 0.15) is 20.8 Å². The van der Waals surface area contributed by atoms with Crippen molar-refractivity contribution in [1.82, 2.24) is 9.97 Å². The number of H-pyrrole nitrogens is 1. The Morgan fingerprint density at radius 2 is 1.90 bits per heavy atom. The quantitative estimate of drug-likeness (QED) is 0.661. The van der Waals surface area contributed by atoms with Gasteiger partial charge in [0.2, 0.25) is 0 Å². The number of nitrogens with one attached hydrogen (secondary N) is 1. The second-order valence-electron chi connectivity index (χ2n) is 5.86. The third kappa shape index (κ3) is 2.73. The molecule has 0 aliphatic heterocycles. The van der Waals surface area contributed by atoms with Crippen molar-refractivity contribution in [2.45, 2.75) is 30.4 Å². The van der Waals surface area contributed by atoms with E-state index in [4.69, 9.17) is 0 Å². The third-order valence-corrected chi connectivity index (χ3v) is 4.21. The first-order valence-electron chi connectivity index (χ1n) is 6.74. The van der Waals surface area contributed by atoms with Gasteiger partial charge in [-0.3, -0.25) is 4.98 Å². The van der Waals surface area contributed by atoms with E-state index >= 15 is 0 Å². The van der Waals surface area contributed by atoms with Crippen LogP contribution in [0.15, 0.2) is 53.7 Å². The largest absolute Gasteiger partial charge is 0.354 e. The Morgan fingerprint density at radius 3 is 2.65 bits per heavy atom. The summed E-state index contributed by atoms with van der Waals surface area (Å²) >= 11 is 1.87. The van der Waals surface area contributed by atoms with Crippen LogP contribution in [-0.2, 0) is 0 Å². The molecule has 0 bridgehead atoms. The Bertz CT molecular complexity index is 705. The molecule has 0 atom stereocenters. The van der Waals surface area contributed by atoms with Crippen molar-refractivity contribution >= 4 is 22.7 Å². The zero-order chi connectivity index (χ0) is 14.2. The Morgan fingerprint density at radius 1 is 1.10 bits per heavy atom. The maximum absolute atomic E-state index is 4.29. The van der Waals surface area contributed by atoms with E-state index in [1.165, 1.54) is 15.8 Å². The minimum absolute atomic E-state index is 0.183. The van der Waals surface area contributed by atoms with Crippen molar-refractivity contribution in [2.24, 2.45) is 0 Å². The number of benzene rings is 1. The molecule has 2 heterocycles. The van der Waals surface area contributed by atoms with Crippen LogP contribution >= 0.6 is 11.8 Å². The molecule has 0 aliphatic carbocycles. The van der Waals surface area contributed by atoms with Crippen LogP contribution in [0.5, 0.6) is 0 Å². The van der Waals surface area contributed by atoms with E-state index in [0.29, 0.717) is 0 Å². The van der Waals surface area contributed by atoms with Crippen molar-refractivity contribution in [2.75, 3.05) is 0 Å². The van der Waals surface area contributed by atoms with Gasteiger partial charge >= 0.3 is 0 Å². The lowest BCUT2D eigenvalue weighted by molar-refractivity contribution is 0.803. The first-order chi connectivity index (χ1) is 9.53. The summed E-state index contributed by atoms with van der Waals surface area (Å²) in [5.41, 5.74) is 3.47. The highest BCUT2D eigenvalue weighted by atomic mass is 32.2. The molecule has 0 aliphatic rings. The Hall–Kier alpha value is -1.74. The fraction of sp³-hybridized carbons (Fsp3) is 0.235. The molecule has 0 saturated heterocycles. The molecule has 3 heteroatoms. The number of fused-ring (bicyclic) bond motifs is 1. The predicted molar refractivity (Wildman–Crippen MR) is 87.1 cm³/mol. The summed E-state index contributed by atoms with van der Waals surface area (Å²) in [4.78, 5) is 9.04. The van der Waals surface area contributed by atoms with Gasteiger partial charge < -0.3 is 4.98 Å². The fourth-order valence-electron chi connectivity index (χ4n) is 2.22. The molecule has 2 aromatic heterocycles. The lowest BCUT2D eigenvalue weighted by Gasteiger charge is -2.19. The highest BCUT2D eigenvalue weighted by Gasteiger charge is 2.16. The van der Waals surface area contributed by atoms with Crippen LogP contribution in [0.3, 0.4) is 0 Å². The monoisotopic (exact) mass is 282 g/mol. The van der Waals surface area contributed by atoms with Crippen LogP contribution in [-0.4, -0.2) is 14.7 Å². The summed E-state index contributed by atoms with van der Waals surface area (Å²) < 4.78 is 0.183. The normalized spacial score (nSPS) is 11.9. The molecule has 0 saturated carbocycles. The Balaban J connectivity index is 2.09. The lowest BCUT2D eigenvalue weighted by atomic mass is 10.2. The van der Waals surface area contributed by atoms with Crippen LogP contribution in [0.4, 0.5) is 0 Å². The lowest BCUT2D eigenvalue weighted by Crippen LogP contribution is -2.07. The van der Waals surface area contributed by atoms with Crippen molar-refractivity contribution in [3.63, 3.8) is 0 Å². The van der Waals surface area contributed by atoms with Crippen LogP contribution in [0.2, 0.25) is 0 Å². The summed E-state index contributed by atoms with van der Waals surface area (Å²) in [5, 5.41) is 1.23. The predicted octanol–water partition coefficient (Wildman–Crippen LogP) is 5.12. The molecule has 102 valence electrons. The minimum atomic E-state index is 0.183. The van der Waals surface area contributed by atoms with Gasteiger partial charge in [0.1, 0.15) is 0 Å². The second kappa shape index (κ2) is 4.98. The van der Waals surface area contributed by atoms with Gasteiger partial charge in [0.15, 0.2) is 0 Å². The van der Waals surface area contributed by atoms with Crippen molar-refractivity contribution in [3.8, 4) is 11.3 Å². The highest BCUT2D eigenvalue weighted by Crippen LogP contribution is 2.38. The van der Waals surface area contributed by atoms with Gasteiger partial charge in [0, 0.05) is 44.2 Å². The van der Waals surface area contributed by atoms with Crippen LogP contribution in [0.25, 0.3) is 22.2 Å². The average Bonchev–Trinajstić information content (AvgIpc) is 2.81. The van der Waals surface area contributed by atoms with Crippen LogP contribution < -0.4 is 0 Å². The molecule has 3 rings (SSSR count). The maximum Gasteiger partial charge on any atom is 0.0491 e. The van der Waals surface area contributed by atoms with E-state index in [2.05, 4.69) is 67.1 Å². The molecule has 0 spiro atoms. The number of aromatic amines is 1. The van der Waals surface area contributed by atoms with Crippen molar-refractivity contribution in [1.29, 1.82) is 0 Å². The number of nitrogens with zero attached hydrogens (tertiary/aromatic N) is 1. The molecule has 2 nitrogen and oxygen atoms in total. The fourth-order valence-corrected chi connectivity index (χ4v) is 3.28. The maximum atomic E-state index is 4.29. The van der Waals surface area contributed by atoms with Gasteiger partial charge in [-0.15, -0.1) is 11.8 Å². The van der Waals surface area contributed by atoms with E-state index in [1.807, 2.05) is 24.2 Å². The van der Waals surface area contributed by atoms with E-state index < -0.39 is 0 Å². The summed E-state index contributed by atoms with van der Waals surface area (Å²) in [5.74, 6) is 0. The smallest absolute Gasteiger partial charge is 0.0491 e. The second-order valence-corrected chi connectivity index (χ2v) is 7.73. The molecule has 0 amide bonds. The molecule has 1 aromatic carbocycles.